The van der Waals surface area contributed by atoms with E-state index in [0.717, 1.165) is 31.7 Å². The van der Waals surface area contributed by atoms with Gasteiger partial charge in [-0.3, -0.25) is 0 Å². The Bertz CT molecular complexity index is 311. The van der Waals surface area contributed by atoms with Gasteiger partial charge in [-0.1, -0.05) is 13.8 Å². The lowest BCUT2D eigenvalue weighted by Gasteiger charge is -2.28. The van der Waals surface area contributed by atoms with Crippen LogP contribution in [0.3, 0.4) is 0 Å². The van der Waals surface area contributed by atoms with E-state index in [1.54, 1.807) is 0 Å². The first-order chi connectivity index (χ1) is 7.63. The Labute approximate surface area is 108 Å². The van der Waals surface area contributed by atoms with Gasteiger partial charge in [0, 0.05) is 27.7 Å². The molecule has 0 aromatic carbocycles. The fourth-order valence-electron chi connectivity index (χ4n) is 1.61. The van der Waals surface area contributed by atoms with Crippen molar-refractivity contribution in [3.8, 4) is 0 Å². The van der Waals surface area contributed by atoms with Crippen LogP contribution in [0.15, 0.2) is 12.1 Å². The third kappa shape index (κ3) is 4.08. The molecule has 0 saturated heterocycles. The Morgan fingerprint density at radius 1 is 1.31 bits per heavy atom. The number of nitrogens with one attached hydrogen (secondary N) is 1. The van der Waals surface area contributed by atoms with Crippen LogP contribution in [0.25, 0.3) is 0 Å². The van der Waals surface area contributed by atoms with Gasteiger partial charge in [0.15, 0.2) is 0 Å². The van der Waals surface area contributed by atoms with Crippen molar-refractivity contribution in [3.63, 3.8) is 0 Å². The van der Waals surface area contributed by atoms with E-state index in [1.807, 2.05) is 11.3 Å². The number of alkyl halides is 1. The summed E-state index contributed by atoms with van der Waals surface area (Å²) in [5.74, 6) is 0.724. The van der Waals surface area contributed by atoms with Crippen molar-refractivity contribution < 1.29 is 0 Å². The van der Waals surface area contributed by atoms with Crippen LogP contribution >= 0.6 is 22.9 Å². The number of hydrogen-bond acceptors (Lipinski definition) is 2. The lowest BCUT2D eigenvalue weighted by molar-refractivity contribution is 0.332. The van der Waals surface area contributed by atoms with E-state index in [9.17, 15) is 0 Å². The smallest absolute Gasteiger partial charge is 0.0304 e. The Hall–Kier alpha value is -0.0500. The lowest BCUT2D eigenvalue weighted by Crippen LogP contribution is -2.41. The Balaban J connectivity index is 2.48. The van der Waals surface area contributed by atoms with Gasteiger partial charge in [-0.25, -0.2) is 0 Å². The zero-order chi connectivity index (χ0) is 12.0. The van der Waals surface area contributed by atoms with Gasteiger partial charge < -0.3 is 5.32 Å². The van der Waals surface area contributed by atoms with Crippen molar-refractivity contribution in [2.45, 2.75) is 52.1 Å². The summed E-state index contributed by atoms with van der Waals surface area (Å²) in [6.07, 6.45) is 3.28. The van der Waals surface area contributed by atoms with E-state index in [4.69, 9.17) is 11.6 Å². The summed E-state index contributed by atoms with van der Waals surface area (Å²) in [6.45, 7) is 7.63. The molecule has 0 aliphatic rings. The predicted molar refractivity (Wildman–Crippen MR) is 74.6 cm³/mol. The van der Waals surface area contributed by atoms with Crippen molar-refractivity contribution >= 4 is 22.9 Å². The molecule has 1 rings (SSSR count). The predicted octanol–water partition coefficient (Wildman–Crippen LogP) is 4.20. The summed E-state index contributed by atoms with van der Waals surface area (Å²) in [5.41, 5.74) is 0.179. The Morgan fingerprint density at radius 2 is 2.00 bits per heavy atom. The highest BCUT2D eigenvalue weighted by molar-refractivity contribution is 7.11. The van der Waals surface area contributed by atoms with Gasteiger partial charge in [0.05, 0.1) is 0 Å². The third-order valence-electron chi connectivity index (χ3n) is 3.18. The van der Waals surface area contributed by atoms with Crippen LogP contribution in [0.5, 0.6) is 0 Å². The molecular formula is C13H22ClNS. The topological polar surface area (TPSA) is 12.0 Å². The fourth-order valence-corrected chi connectivity index (χ4v) is 2.92. The molecule has 1 heterocycles. The molecule has 92 valence electrons. The highest BCUT2D eigenvalue weighted by Crippen LogP contribution is 2.20. The van der Waals surface area contributed by atoms with Crippen molar-refractivity contribution in [1.29, 1.82) is 0 Å². The molecule has 0 aliphatic carbocycles. The van der Waals surface area contributed by atoms with E-state index in [0.29, 0.717) is 0 Å². The van der Waals surface area contributed by atoms with Crippen molar-refractivity contribution in [2.75, 3.05) is 5.88 Å². The first kappa shape index (κ1) is 14.0. The van der Waals surface area contributed by atoms with Gasteiger partial charge in [0.1, 0.15) is 0 Å². The average Bonchev–Trinajstić information content (AvgIpc) is 2.75. The Kier molecular flexibility index (Phi) is 5.81. The number of thiophene rings is 1. The monoisotopic (exact) mass is 259 g/mol. The SMILES string of the molecule is CCc1ccc(CNC(C)(CC)CCCl)s1. The maximum Gasteiger partial charge on any atom is 0.0304 e. The van der Waals surface area contributed by atoms with Crippen LogP contribution in [-0.2, 0) is 13.0 Å². The van der Waals surface area contributed by atoms with Gasteiger partial charge in [-0.2, -0.15) is 0 Å². The lowest BCUT2D eigenvalue weighted by atomic mass is 9.95. The molecule has 16 heavy (non-hydrogen) atoms. The summed E-state index contributed by atoms with van der Waals surface area (Å²) in [7, 11) is 0. The van der Waals surface area contributed by atoms with Crippen LogP contribution in [0.4, 0.5) is 0 Å². The average molecular weight is 260 g/mol. The van der Waals surface area contributed by atoms with Gasteiger partial charge in [-0.05, 0) is 38.3 Å². The normalized spacial score (nSPS) is 15.0. The van der Waals surface area contributed by atoms with Crippen molar-refractivity contribution in [3.05, 3.63) is 21.9 Å². The maximum absolute atomic E-state index is 5.84. The number of halogens is 1. The highest BCUT2D eigenvalue weighted by Gasteiger charge is 2.20. The molecule has 0 aliphatic heterocycles. The van der Waals surface area contributed by atoms with Gasteiger partial charge in [-0.15, -0.1) is 22.9 Å². The minimum absolute atomic E-state index is 0.179. The highest BCUT2D eigenvalue weighted by atomic mass is 35.5. The molecule has 0 radical (unpaired) electrons. The molecule has 1 nitrogen and oxygen atoms in total. The Morgan fingerprint density at radius 3 is 2.50 bits per heavy atom. The second-order valence-corrected chi connectivity index (χ2v) is 6.06. The molecule has 3 heteroatoms. The molecule has 0 saturated carbocycles. The molecule has 1 unspecified atom stereocenters. The molecule has 1 atom stereocenters. The van der Waals surface area contributed by atoms with Gasteiger partial charge in [0.2, 0.25) is 0 Å². The summed E-state index contributed by atoms with van der Waals surface area (Å²) in [4.78, 5) is 2.89. The van der Waals surface area contributed by atoms with Gasteiger partial charge in [0.25, 0.3) is 0 Å². The molecule has 0 amide bonds. The first-order valence-electron chi connectivity index (χ1n) is 6.02. The maximum atomic E-state index is 5.84. The molecule has 0 bridgehead atoms. The zero-order valence-electron chi connectivity index (χ0n) is 10.5. The molecule has 0 fully saturated rings. The second kappa shape index (κ2) is 6.63. The minimum atomic E-state index is 0.179. The summed E-state index contributed by atoms with van der Waals surface area (Å²) < 4.78 is 0. The number of rotatable bonds is 7. The summed E-state index contributed by atoms with van der Waals surface area (Å²) in [6, 6.07) is 4.46. The van der Waals surface area contributed by atoms with E-state index < -0.39 is 0 Å². The standard InChI is InChI=1S/C13H22ClNS/c1-4-11-6-7-12(16-11)10-15-13(3,5-2)8-9-14/h6-7,15H,4-5,8-10H2,1-3H3. The number of hydrogen-bond donors (Lipinski definition) is 1. The zero-order valence-corrected chi connectivity index (χ0v) is 12.0. The van der Waals surface area contributed by atoms with Crippen LogP contribution < -0.4 is 5.32 Å². The summed E-state index contributed by atoms with van der Waals surface area (Å²) >= 11 is 7.74. The molecule has 1 N–H and O–H groups in total. The van der Waals surface area contributed by atoms with Crippen LogP contribution in [0, 0.1) is 0 Å². The van der Waals surface area contributed by atoms with Gasteiger partial charge >= 0.3 is 0 Å². The molecule has 0 spiro atoms. The molecule has 1 aromatic heterocycles. The van der Waals surface area contributed by atoms with E-state index >= 15 is 0 Å². The van der Waals surface area contributed by atoms with Crippen LogP contribution in [-0.4, -0.2) is 11.4 Å². The van der Waals surface area contributed by atoms with Crippen LogP contribution in [0.1, 0.15) is 43.4 Å². The van der Waals surface area contributed by atoms with Crippen molar-refractivity contribution in [1.82, 2.24) is 5.32 Å². The fraction of sp³-hybridized carbons (Fsp3) is 0.692. The van der Waals surface area contributed by atoms with Crippen molar-refractivity contribution in [2.24, 2.45) is 0 Å². The summed E-state index contributed by atoms with van der Waals surface area (Å²) in [5, 5.41) is 3.63. The quantitative estimate of drug-likeness (QED) is 0.724. The van der Waals surface area contributed by atoms with E-state index in [1.165, 1.54) is 9.75 Å². The van der Waals surface area contributed by atoms with Crippen LogP contribution in [0.2, 0.25) is 0 Å². The number of aryl methyl sites for hydroxylation is 1. The minimum Gasteiger partial charge on any atom is -0.307 e. The first-order valence-corrected chi connectivity index (χ1v) is 7.37. The molecular weight excluding hydrogens is 238 g/mol. The third-order valence-corrected chi connectivity index (χ3v) is 4.60. The largest absolute Gasteiger partial charge is 0.307 e. The van der Waals surface area contributed by atoms with E-state index in [-0.39, 0.29) is 5.54 Å². The van der Waals surface area contributed by atoms with E-state index in [2.05, 4.69) is 38.2 Å². The second-order valence-electron chi connectivity index (χ2n) is 4.43. The molecule has 1 aromatic rings.